The summed E-state index contributed by atoms with van der Waals surface area (Å²) >= 11 is 0. The third-order valence-electron chi connectivity index (χ3n) is 8.51. The summed E-state index contributed by atoms with van der Waals surface area (Å²) in [5.41, 5.74) is 4.09. The molecule has 0 heterocycles. The molecule has 0 spiro atoms. The van der Waals surface area contributed by atoms with Crippen LogP contribution >= 0.6 is 0 Å². The smallest absolute Gasteiger partial charge is 0.320 e. The van der Waals surface area contributed by atoms with Gasteiger partial charge in [-0.05, 0) is 78.3 Å². The fourth-order valence-electron chi connectivity index (χ4n) is 6.08. The number of benzene rings is 4. The number of rotatable bonds is 12. The van der Waals surface area contributed by atoms with E-state index in [2.05, 4.69) is 32.8 Å². The van der Waals surface area contributed by atoms with Gasteiger partial charge >= 0.3 is 12.0 Å². The number of amides is 3. The molecule has 0 saturated heterocycles. The molecule has 1 unspecified atom stereocenters. The van der Waals surface area contributed by atoms with Gasteiger partial charge in [0.25, 0.3) is 15.9 Å². The molecule has 3 amide bonds. The van der Waals surface area contributed by atoms with E-state index in [0.717, 1.165) is 18.4 Å². The Kier molecular flexibility index (Phi) is 11.1. The highest BCUT2D eigenvalue weighted by Crippen LogP contribution is 2.34. The monoisotopic (exact) mass is 668 g/mol. The highest BCUT2D eigenvalue weighted by molar-refractivity contribution is 7.93. The largest absolute Gasteiger partial charge is 0.481 e. The molecule has 1 fully saturated rings. The summed E-state index contributed by atoms with van der Waals surface area (Å²) in [5.74, 6) is -0.901. The van der Waals surface area contributed by atoms with Gasteiger partial charge in [0.1, 0.15) is 4.90 Å². The molecular formula is C37H40N4O6S. The number of carbonyl (C=O) groups is 3. The fourth-order valence-corrected chi connectivity index (χ4v) is 7.53. The second-order valence-electron chi connectivity index (χ2n) is 12.0. The lowest BCUT2D eigenvalue weighted by molar-refractivity contribution is -0.136. The molecule has 0 aromatic heterocycles. The molecule has 1 atom stereocenters. The Morgan fingerprint density at radius 2 is 1.46 bits per heavy atom. The molecule has 250 valence electrons. The zero-order valence-electron chi connectivity index (χ0n) is 26.7. The molecule has 1 aliphatic rings. The molecule has 0 aliphatic heterocycles. The molecule has 4 aromatic carbocycles. The van der Waals surface area contributed by atoms with E-state index in [9.17, 15) is 22.8 Å². The first-order valence-corrected chi connectivity index (χ1v) is 17.5. The third kappa shape index (κ3) is 8.80. The summed E-state index contributed by atoms with van der Waals surface area (Å²) in [4.78, 5) is 37.0. The van der Waals surface area contributed by atoms with Crippen molar-refractivity contribution >= 4 is 39.3 Å². The third-order valence-corrected chi connectivity index (χ3v) is 10.1. The number of aliphatic carboxylic acids is 1. The number of hydrogen-bond acceptors (Lipinski definition) is 5. The topological polar surface area (TPSA) is 154 Å². The van der Waals surface area contributed by atoms with Crippen molar-refractivity contribution < 1.29 is 27.9 Å². The van der Waals surface area contributed by atoms with Crippen LogP contribution < -0.4 is 20.7 Å². The first kappa shape index (κ1) is 34.2. The van der Waals surface area contributed by atoms with Gasteiger partial charge in [-0.25, -0.2) is 13.2 Å². The number of nitrogens with one attached hydrogen (secondary N) is 4. The first-order chi connectivity index (χ1) is 23.1. The van der Waals surface area contributed by atoms with Crippen molar-refractivity contribution in [2.75, 3.05) is 16.6 Å². The lowest BCUT2D eigenvalue weighted by atomic mass is 9.83. The number of sulfonamides is 1. The average molecular weight is 669 g/mol. The highest BCUT2D eigenvalue weighted by Gasteiger charge is 2.25. The zero-order chi connectivity index (χ0) is 34.1. The van der Waals surface area contributed by atoms with Crippen molar-refractivity contribution in [3.63, 3.8) is 0 Å². The van der Waals surface area contributed by atoms with E-state index >= 15 is 0 Å². The van der Waals surface area contributed by atoms with Crippen molar-refractivity contribution in [3.05, 3.63) is 125 Å². The summed E-state index contributed by atoms with van der Waals surface area (Å²) in [6.07, 6.45) is 5.80. The van der Waals surface area contributed by atoms with Gasteiger partial charge in [0.2, 0.25) is 0 Å². The summed E-state index contributed by atoms with van der Waals surface area (Å²) in [6.45, 7) is 1.67. The van der Waals surface area contributed by atoms with Crippen molar-refractivity contribution in [2.24, 2.45) is 0 Å². The lowest BCUT2D eigenvalue weighted by Crippen LogP contribution is -2.34. The van der Waals surface area contributed by atoms with Crippen molar-refractivity contribution in [1.29, 1.82) is 0 Å². The Labute approximate surface area is 281 Å². The van der Waals surface area contributed by atoms with E-state index in [1.54, 1.807) is 73.7 Å². The summed E-state index contributed by atoms with van der Waals surface area (Å²) in [5, 5.41) is 17.2. The molecule has 5 rings (SSSR count). The minimum atomic E-state index is -4.06. The minimum absolute atomic E-state index is 0.00511. The summed E-state index contributed by atoms with van der Waals surface area (Å²) < 4.78 is 29.6. The Balaban J connectivity index is 1.40. The zero-order valence-corrected chi connectivity index (χ0v) is 27.6. The van der Waals surface area contributed by atoms with Crippen molar-refractivity contribution in [3.8, 4) is 0 Å². The number of aryl methyl sites for hydroxylation is 1. The molecule has 48 heavy (non-hydrogen) atoms. The number of carboxylic acid groups (broad SMARTS) is 1. The van der Waals surface area contributed by atoms with Gasteiger partial charge in [0.15, 0.2) is 0 Å². The Hall–Kier alpha value is -5.16. The van der Waals surface area contributed by atoms with Gasteiger partial charge in [-0.2, -0.15) is 0 Å². The van der Waals surface area contributed by atoms with Crippen LogP contribution in [-0.4, -0.2) is 38.0 Å². The molecule has 5 N–H and O–H groups in total. The van der Waals surface area contributed by atoms with Crippen LogP contribution in [0.2, 0.25) is 0 Å². The van der Waals surface area contributed by atoms with E-state index in [1.165, 1.54) is 30.9 Å². The normalized spacial score (nSPS) is 14.0. The summed E-state index contributed by atoms with van der Waals surface area (Å²) in [7, 11) is -4.06. The average Bonchev–Trinajstić information content (AvgIpc) is 3.08. The predicted octanol–water partition coefficient (Wildman–Crippen LogP) is 6.96. The quantitative estimate of drug-likeness (QED) is 0.110. The molecular weight excluding hydrogens is 628 g/mol. The van der Waals surface area contributed by atoms with Crippen LogP contribution in [0.4, 0.5) is 16.2 Å². The Morgan fingerprint density at radius 3 is 2.10 bits per heavy atom. The van der Waals surface area contributed by atoms with E-state index in [0.29, 0.717) is 28.3 Å². The van der Waals surface area contributed by atoms with Gasteiger partial charge in [-0.1, -0.05) is 86.0 Å². The van der Waals surface area contributed by atoms with Crippen molar-refractivity contribution in [2.45, 2.75) is 62.3 Å². The van der Waals surface area contributed by atoms with Gasteiger partial charge < -0.3 is 21.1 Å². The maximum atomic E-state index is 13.6. The maximum Gasteiger partial charge on any atom is 0.320 e. The van der Waals surface area contributed by atoms with Crippen LogP contribution in [0.5, 0.6) is 0 Å². The fraction of sp³-hybridized carbons (Fsp3) is 0.270. The number of carbonyl (C=O) groups excluding carboxylic acids is 2. The van der Waals surface area contributed by atoms with Gasteiger partial charge in [-0.3, -0.25) is 14.3 Å². The first-order valence-electron chi connectivity index (χ1n) is 16.1. The maximum absolute atomic E-state index is 13.6. The van der Waals surface area contributed by atoms with Gasteiger partial charge in [0.05, 0.1) is 18.2 Å². The second kappa shape index (κ2) is 15.6. The van der Waals surface area contributed by atoms with Crippen LogP contribution in [0, 0.1) is 6.92 Å². The van der Waals surface area contributed by atoms with E-state index < -0.39 is 34.0 Å². The van der Waals surface area contributed by atoms with Crippen LogP contribution in [0.1, 0.15) is 83.1 Å². The number of urea groups is 1. The summed E-state index contributed by atoms with van der Waals surface area (Å²) in [6, 6.07) is 27.0. The van der Waals surface area contributed by atoms with E-state index in [1.807, 2.05) is 12.1 Å². The lowest BCUT2D eigenvalue weighted by Gasteiger charge is -2.24. The molecule has 1 aliphatic carbocycles. The molecule has 10 nitrogen and oxygen atoms in total. The molecule has 1 saturated carbocycles. The molecule has 0 radical (unpaired) electrons. The number of carboxylic acids is 1. The van der Waals surface area contributed by atoms with E-state index in [-0.39, 0.29) is 23.5 Å². The predicted molar refractivity (Wildman–Crippen MR) is 186 cm³/mol. The molecule has 4 aromatic rings. The Morgan fingerprint density at radius 1 is 0.812 bits per heavy atom. The molecule has 0 bridgehead atoms. The standard InChI is InChI=1S/C37H40N4O6S/c1-25-9-8-14-32(35(25)48(46,47)41-31-12-6-3-7-13-31)39-37(45)40-34(28-17-15-27(16-18-28)26-10-4-2-5-11-26)29-19-21-30(22-20-29)36(44)38-24-23-33(42)43/h3,6-9,12-22,26,34,41H,2,4-5,10-11,23-24H2,1H3,(H,38,44)(H,42,43)(H2,39,40,45). The minimum Gasteiger partial charge on any atom is -0.481 e. The highest BCUT2D eigenvalue weighted by atomic mass is 32.2. The van der Waals surface area contributed by atoms with Crippen LogP contribution in [0.3, 0.4) is 0 Å². The van der Waals surface area contributed by atoms with Crippen molar-refractivity contribution in [1.82, 2.24) is 10.6 Å². The second-order valence-corrected chi connectivity index (χ2v) is 13.6. The number of anilines is 2. The number of hydrogen-bond donors (Lipinski definition) is 5. The van der Waals surface area contributed by atoms with Crippen LogP contribution in [0.25, 0.3) is 0 Å². The SMILES string of the molecule is Cc1cccc(NC(=O)NC(c2ccc(C(=O)NCCC(=O)O)cc2)c2ccc(C3CCCCC3)cc2)c1S(=O)(=O)Nc1ccccc1. The van der Waals surface area contributed by atoms with Crippen LogP contribution in [0.15, 0.2) is 102 Å². The molecule has 11 heteroatoms. The van der Waals surface area contributed by atoms with Gasteiger partial charge in [-0.15, -0.1) is 0 Å². The number of para-hydroxylation sites is 1. The Bertz CT molecular complexity index is 1840. The van der Waals surface area contributed by atoms with E-state index in [4.69, 9.17) is 5.11 Å². The van der Waals surface area contributed by atoms with Crippen LogP contribution in [-0.2, 0) is 14.8 Å². The van der Waals surface area contributed by atoms with Gasteiger partial charge in [0, 0.05) is 17.8 Å².